The third-order valence-corrected chi connectivity index (χ3v) is 2.24. The number of carbonyl (C=O) groups is 1. The fraction of sp³-hybridized carbons (Fsp3) is 0.308. The maximum atomic E-state index is 13.7. The second-order valence-corrected chi connectivity index (χ2v) is 4.13. The molecule has 0 aromatic heterocycles. The van der Waals surface area contributed by atoms with E-state index in [0.29, 0.717) is 6.54 Å². The summed E-state index contributed by atoms with van der Waals surface area (Å²) in [7, 11) is 0. The standard InChI is InChI=1S/C13H15F2NO/c1-4-9-5-6-10(14)11(12(9)15)13(17)16-7-8(2)3/h4-6,8H,1,7H2,2-3H3,(H,16,17). The lowest BCUT2D eigenvalue weighted by molar-refractivity contribution is 0.0940. The maximum Gasteiger partial charge on any atom is 0.257 e. The monoisotopic (exact) mass is 239 g/mol. The van der Waals surface area contributed by atoms with Gasteiger partial charge in [0.2, 0.25) is 0 Å². The van der Waals surface area contributed by atoms with Crippen LogP contribution in [0, 0.1) is 17.6 Å². The molecule has 0 aliphatic rings. The highest BCUT2D eigenvalue weighted by molar-refractivity contribution is 5.95. The van der Waals surface area contributed by atoms with Gasteiger partial charge in [0, 0.05) is 12.1 Å². The molecule has 92 valence electrons. The highest BCUT2D eigenvalue weighted by Crippen LogP contribution is 2.17. The predicted octanol–water partition coefficient (Wildman–Crippen LogP) is 2.99. The van der Waals surface area contributed by atoms with E-state index in [2.05, 4.69) is 11.9 Å². The number of hydrogen-bond acceptors (Lipinski definition) is 1. The molecule has 0 saturated heterocycles. The molecule has 0 saturated carbocycles. The van der Waals surface area contributed by atoms with Crippen LogP contribution in [0.3, 0.4) is 0 Å². The molecule has 17 heavy (non-hydrogen) atoms. The zero-order valence-corrected chi connectivity index (χ0v) is 9.89. The van der Waals surface area contributed by atoms with Crippen LogP contribution in [-0.2, 0) is 0 Å². The molecule has 1 rings (SSSR count). The Hall–Kier alpha value is -1.71. The van der Waals surface area contributed by atoms with Gasteiger partial charge in [-0.15, -0.1) is 0 Å². The molecule has 0 bridgehead atoms. The topological polar surface area (TPSA) is 29.1 Å². The molecule has 0 aliphatic heterocycles. The fourth-order valence-electron chi connectivity index (χ4n) is 1.32. The lowest BCUT2D eigenvalue weighted by Gasteiger charge is -2.10. The summed E-state index contributed by atoms with van der Waals surface area (Å²) in [6, 6.07) is 2.31. The maximum absolute atomic E-state index is 13.7. The highest BCUT2D eigenvalue weighted by Gasteiger charge is 2.19. The van der Waals surface area contributed by atoms with Gasteiger partial charge < -0.3 is 5.32 Å². The van der Waals surface area contributed by atoms with E-state index in [-0.39, 0.29) is 11.5 Å². The predicted molar refractivity (Wildman–Crippen MR) is 63.6 cm³/mol. The number of hydrogen-bond donors (Lipinski definition) is 1. The summed E-state index contributed by atoms with van der Waals surface area (Å²) in [5.74, 6) is -2.26. The van der Waals surface area contributed by atoms with E-state index in [1.807, 2.05) is 13.8 Å². The van der Waals surface area contributed by atoms with E-state index in [1.165, 1.54) is 12.1 Å². The molecule has 1 N–H and O–H groups in total. The number of halogens is 2. The third-order valence-electron chi connectivity index (χ3n) is 2.24. The van der Waals surface area contributed by atoms with Gasteiger partial charge in [-0.1, -0.05) is 26.5 Å². The minimum Gasteiger partial charge on any atom is -0.352 e. The van der Waals surface area contributed by atoms with Crippen LogP contribution in [0.25, 0.3) is 6.08 Å². The second-order valence-electron chi connectivity index (χ2n) is 4.13. The first-order valence-electron chi connectivity index (χ1n) is 5.36. The van der Waals surface area contributed by atoms with E-state index in [4.69, 9.17) is 0 Å². The van der Waals surface area contributed by atoms with Crippen molar-refractivity contribution in [3.05, 3.63) is 41.5 Å². The van der Waals surface area contributed by atoms with Gasteiger partial charge in [-0.2, -0.15) is 0 Å². The zero-order chi connectivity index (χ0) is 13.0. The Labute approximate surface area is 99.3 Å². The molecule has 0 radical (unpaired) electrons. The van der Waals surface area contributed by atoms with Gasteiger partial charge in [-0.3, -0.25) is 4.79 Å². The molecule has 2 nitrogen and oxygen atoms in total. The van der Waals surface area contributed by atoms with Crippen molar-refractivity contribution in [2.24, 2.45) is 5.92 Å². The van der Waals surface area contributed by atoms with Crippen molar-refractivity contribution in [2.45, 2.75) is 13.8 Å². The average molecular weight is 239 g/mol. The van der Waals surface area contributed by atoms with Gasteiger partial charge in [0.05, 0.1) is 0 Å². The largest absolute Gasteiger partial charge is 0.352 e. The van der Waals surface area contributed by atoms with Crippen molar-refractivity contribution in [3.63, 3.8) is 0 Å². The van der Waals surface area contributed by atoms with E-state index in [1.54, 1.807) is 0 Å². The normalized spacial score (nSPS) is 10.4. The average Bonchev–Trinajstić information content (AvgIpc) is 2.26. The van der Waals surface area contributed by atoms with Crippen LogP contribution in [-0.4, -0.2) is 12.5 Å². The van der Waals surface area contributed by atoms with Gasteiger partial charge in [0.15, 0.2) is 0 Å². The zero-order valence-electron chi connectivity index (χ0n) is 9.89. The van der Waals surface area contributed by atoms with Gasteiger partial charge in [-0.05, 0) is 18.1 Å². The Morgan fingerprint density at radius 2 is 2.12 bits per heavy atom. The van der Waals surface area contributed by atoms with E-state index in [9.17, 15) is 13.6 Å². The fourth-order valence-corrected chi connectivity index (χ4v) is 1.32. The lowest BCUT2D eigenvalue weighted by atomic mass is 10.1. The van der Waals surface area contributed by atoms with Gasteiger partial charge in [0.25, 0.3) is 5.91 Å². The molecule has 1 aromatic carbocycles. The van der Waals surface area contributed by atoms with Crippen LogP contribution in [0.1, 0.15) is 29.8 Å². The molecular formula is C13H15F2NO. The Morgan fingerprint density at radius 3 is 2.65 bits per heavy atom. The molecule has 4 heteroatoms. The summed E-state index contributed by atoms with van der Waals surface area (Å²) in [6.07, 6.45) is 1.24. The van der Waals surface area contributed by atoms with Crippen molar-refractivity contribution in [1.82, 2.24) is 5.32 Å². The minimum atomic E-state index is -0.874. The summed E-state index contributed by atoms with van der Waals surface area (Å²) < 4.78 is 27.1. The van der Waals surface area contributed by atoms with Crippen LogP contribution >= 0.6 is 0 Å². The summed E-state index contributed by atoms with van der Waals surface area (Å²) in [6.45, 7) is 7.56. The highest BCUT2D eigenvalue weighted by atomic mass is 19.1. The molecule has 0 heterocycles. The van der Waals surface area contributed by atoms with E-state index >= 15 is 0 Å². The molecular weight excluding hydrogens is 224 g/mol. The summed E-state index contributed by atoms with van der Waals surface area (Å²) in [5, 5.41) is 2.48. The Morgan fingerprint density at radius 1 is 1.47 bits per heavy atom. The first-order valence-corrected chi connectivity index (χ1v) is 5.36. The van der Waals surface area contributed by atoms with Crippen LogP contribution in [0.4, 0.5) is 8.78 Å². The van der Waals surface area contributed by atoms with E-state index < -0.39 is 23.1 Å². The number of benzene rings is 1. The van der Waals surface area contributed by atoms with Crippen molar-refractivity contribution in [2.75, 3.05) is 6.54 Å². The Balaban J connectivity index is 3.04. The number of amides is 1. The van der Waals surface area contributed by atoms with Gasteiger partial charge >= 0.3 is 0 Å². The van der Waals surface area contributed by atoms with Crippen molar-refractivity contribution in [3.8, 4) is 0 Å². The van der Waals surface area contributed by atoms with Crippen molar-refractivity contribution in [1.29, 1.82) is 0 Å². The third kappa shape index (κ3) is 3.12. The molecule has 1 amide bonds. The molecule has 0 fully saturated rings. The van der Waals surface area contributed by atoms with Crippen LogP contribution < -0.4 is 5.32 Å². The van der Waals surface area contributed by atoms with Gasteiger partial charge in [-0.25, -0.2) is 8.78 Å². The SMILES string of the molecule is C=Cc1ccc(F)c(C(=O)NCC(C)C)c1F. The summed E-state index contributed by atoms with van der Waals surface area (Å²) >= 11 is 0. The van der Waals surface area contributed by atoms with Crippen LogP contribution in [0.15, 0.2) is 18.7 Å². The molecule has 0 unspecified atom stereocenters. The Bertz CT molecular complexity index is 441. The number of rotatable bonds is 4. The second kappa shape index (κ2) is 5.57. The first-order chi connectivity index (χ1) is 7.97. The Kier molecular flexibility index (Phi) is 4.37. The van der Waals surface area contributed by atoms with Gasteiger partial charge in [0.1, 0.15) is 17.2 Å². The van der Waals surface area contributed by atoms with Crippen molar-refractivity contribution >= 4 is 12.0 Å². The van der Waals surface area contributed by atoms with Crippen molar-refractivity contribution < 1.29 is 13.6 Å². The number of nitrogens with one attached hydrogen (secondary N) is 1. The summed E-state index contributed by atoms with van der Waals surface area (Å²) in [4.78, 5) is 11.6. The molecule has 0 spiro atoms. The lowest BCUT2D eigenvalue weighted by Crippen LogP contribution is -2.29. The quantitative estimate of drug-likeness (QED) is 0.859. The smallest absolute Gasteiger partial charge is 0.257 e. The molecule has 1 aromatic rings. The molecule has 0 aliphatic carbocycles. The minimum absolute atomic E-state index is 0.112. The summed E-state index contributed by atoms with van der Waals surface area (Å²) in [5.41, 5.74) is -0.441. The van der Waals surface area contributed by atoms with E-state index in [0.717, 1.165) is 6.07 Å². The first kappa shape index (κ1) is 13.4. The number of carbonyl (C=O) groups excluding carboxylic acids is 1. The van der Waals surface area contributed by atoms with Crippen LogP contribution in [0.5, 0.6) is 0 Å². The van der Waals surface area contributed by atoms with Crippen LogP contribution in [0.2, 0.25) is 0 Å². The molecule has 0 atom stereocenters.